The lowest BCUT2D eigenvalue weighted by Gasteiger charge is -2.30. The van der Waals surface area contributed by atoms with Crippen LogP contribution in [0.25, 0.3) is 10.8 Å². The minimum absolute atomic E-state index is 0.164. The van der Waals surface area contributed by atoms with E-state index in [9.17, 15) is 17.6 Å². The highest BCUT2D eigenvalue weighted by molar-refractivity contribution is 7.89. The van der Waals surface area contributed by atoms with Crippen LogP contribution in [0.15, 0.2) is 89.1 Å². The molecule has 0 fully saturated rings. The number of nitrogens with zero attached hydrogens (tertiary/aromatic N) is 2. The minimum atomic E-state index is -3.93. The third-order valence-electron chi connectivity index (χ3n) is 6.27. The van der Waals surface area contributed by atoms with Crippen molar-refractivity contribution in [1.29, 1.82) is 0 Å². The molecule has 0 radical (unpaired) electrons. The van der Waals surface area contributed by atoms with Gasteiger partial charge < -0.3 is 4.90 Å². The first-order valence-electron chi connectivity index (χ1n) is 11.8. The summed E-state index contributed by atoms with van der Waals surface area (Å²) in [6.07, 6.45) is 0.559. The lowest BCUT2D eigenvalue weighted by atomic mass is 10.1. The van der Waals surface area contributed by atoms with Crippen LogP contribution in [0.1, 0.15) is 30.7 Å². The largest absolute Gasteiger partial charge is 0.332 e. The summed E-state index contributed by atoms with van der Waals surface area (Å²) in [7, 11) is -3.93. The third kappa shape index (κ3) is 6.00. The Morgan fingerprint density at radius 1 is 0.944 bits per heavy atom. The van der Waals surface area contributed by atoms with Crippen molar-refractivity contribution in [1.82, 2.24) is 9.21 Å². The first-order chi connectivity index (χ1) is 17.3. The maximum absolute atomic E-state index is 13.8. The second-order valence-corrected chi connectivity index (χ2v) is 11.7. The Bertz CT molecular complexity index is 1420. The highest BCUT2D eigenvalue weighted by atomic mass is 32.2. The van der Waals surface area contributed by atoms with Gasteiger partial charge in [-0.1, -0.05) is 55.5 Å². The van der Waals surface area contributed by atoms with E-state index in [1.54, 1.807) is 35.2 Å². The van der Waals surface area contributed by atoms with Gasteiger partial charge in [-0.15, -0.1) is 11.3 Å². The molecule has 4 rings (SSSR count). The van der Waals surface area contributed by atoms with E-state index in [0.29, 0.717) is 13.0 Å². The number of benzene rings is 3. The SMILES string of the molecule is CC[C@H](C)N(CC(=O)N(Cc1ccc(F)cc1)Cc1cccs1)S(=O)(=O)c1ccc2ccccc2c1. The van der Waals surface area contributed by atoms with E-state index in [4.69, 9.17) is 0 Å². The normalized spacial score (nSPS) is 12.7. The zero-order valence-electron chi connectivity index (χ0n) is 20.3. The van der Waals surface area contributed by atoms with Crippen LogP contribution in [-0.4, -0.2) is 36.1 Å². The topological polar surface area (TPSA) is 57.7 Å². The number of halogens is 1. The molecule has 0 unspecified atom stereocenters. The fourth-order valence-corrected chi connectivity index (χ4v) is 6.42. The maximum atomic E-state index is 13.8. The molecule has 5 nitrogen and oxygen atoms in total. The Labute approximate surface area is 215 Å². The Morgan fingerprint density at radius 3 is 2.33 bits per heavy atom. The number of hydrogen-bond acceptors (Lipinski definition) is 4. The molecule has 0 aliphatic heterocycles. The van der Waals surface area contributed by atoms with E-state index in [-0.39, 0.29) is 35.8 Å². The monoisotopic (exact) mass is 524 g/mol. The van der Waals surface area contributed by atoms with Gasteiger partial charge in [0.05, 0.1) is 18.0 Å². The lowest BCUT2D eigenvalue weighted by Crippen LogP contribution is -2.46. The second-order valence-electron chi connectivity index (χ2n) is 8.77. The van der Waals surface area contributed by atoms with Crippen molar-refractivity contribution in [2.24, 2.45) is 0 Å². The first-order valence-corrected chi connectivity index (χ1v) is 14.1. The van der Waals surface area contributed by atoms with Crippen LogP contribution in [-0.2, 0) is 27.9 Å². The van der Waals surface area contributed by atoms with Crippen molar-refractivity contribution in [3.63, 3.8) is 0 Å². The predicted octanol–water partition coefficient (Wildman–Crippen LogP) is 6.06. The summed E-state index contributed by atoms with van der Waals surface area (Å²) < 4.78 is 42.2. The van der Waals surface area contributed by atoms with Gasteiger partial charge in [-0.05, 0) is 65.4 Å². The van der Waals surface area contributed by atoms with E-state index in [1.807, 2.05) is 55.6 Å². The van der Waals surface area contributed by atoms with Crippen molar-refractivity contribution >= 4 is 38.0 Å². The van der Waals surface area contributed by atoms with Crippen molar-refractivity contribution in [3.8, 4) is 0 Å². The Morgan fingerprint density at radius 2 is 1.67 bits per heavy atom. The Kier molecular flexibility index (Phi) is 8.18. The number of hydrogen-bond donors (Lipinski definition) is 0. The molecule has 0 N–H and O–H groups in total. The zero-order valence-corrected chi connectivity index (χ0v) is 21.9. The quantitative estimate of drug-likeness (QED) is 0.253. The van der Waals surface area contributed by atoms with Gasteiger partial charge >= 0.3 is 0 Å². The summed E-state index contributed by atoms with van der Waals surface area (Å²) in [5, 5.41) is 3.71. The van der Waals surface area contributed by atoms with E-state index in [1.165, 1.54) is 27.8 Å². The lowest BCUT2D eigenvalue weighted by molar-refractivity contribution is -0.133. The summed E-state index contributed by atoms with van der Waals surface area (Å²) in [5.74, 6) is -0.656. The molecule has 0 aliphatic rings. The van der Waals surface area contributed by atoms with Crippen LogP contribution < -0.4 is 0 Å². The maximum Gasteiger partial charge on any atom is 0.243 e. The molecule has 1 aromatic heterocycles. The summed E-state index contributed by atoms with van der Waals surface area (Å²) >= 11 is 1.53. The van der Waals surface area contributed by atoms with Crippen LogP contribution in [0.2, 0.25) is 0 Å². The molecular formula is C28H29FN2O3S2. The summed E-state index contributed by atoms with van der Waals surface area (Å²) in [5.41, 5.74) is 0.772. The summed E-state index contributed by atoms with van der Waals surface area (Å²) in [6.45, 7) is 4.03. The van der Waals surface area contributed by atoms with Crippen LogP contribution in [0, 0.1) is 5.82 Å². The molecule has 3 aromatic carbocycles. The van der Waals surface area contributed by atoms with Crippen molar-refractivity contribution < 1.29 is 17.6 Å². The number of amides is 1. The molecule has 0 spiro atoms. The van der Waals surface area contributed by atoms with Gasteiger partial charge in [-0.3, -0.25) is 4.79 Å². The molecular weight excluding hydrogens is 495 g/mol. The smallest absolute Gasteiger partial charge is 0.243 e. The average molecular weight is 525 g/mol. The molecule has 0 bridgehead atoms. The zero-order chi connectivity index (χ0) is 25.7. The molecule has 1 atom stereocenters. The van der Waals surface area contributed by atoms with Gasteiger partial charge in [0.25, 0.3) is 0 Å². The van der Waals surface area contributed by atoms with E-state index >= 15 is 0 Å². The summed E-state index contributed by atoms with van der Waals surface area (Å²) in [4.78, 5) is 16.4. The predicted molar refractivity (Wildman–Crippen MR) is 143 cm³/mol. The fourth-order valence-electron chi connectivity index (χ4n) is 4.01. The number of carbonyl (C=O) groups excluding carboxylic acids is 1. The molecule has 36 heavy (non-hydrogen) atoms. The minimum Gasteiger partial charge on any atom is -0.332 e. The van der Waals surface area contributed by atoms with Crippen LogP contribution in [0.3, 0.4) is 0 Å². The highest BCUT2D eigenvalue weighted by Crippen LogP contribution is 2.25. The number of thiophene rings is 1. The third-order valence-corrected chi connectivity index (χ3v) is 9.08. The first kappa shape index (κ1) is 26.0. The van der Waals surface area contributed by atoms with E-state index < -0.39 is 10.0 Å². The summed E-state index contributed by atoms with van der Waals surface area (Å²) in [6, 6.07) is 22.1. The molecule has 0 saturated heterocycles. The van der Waals surface area contributed by atoms with Gasteiger partial charge in [0.1, 0.15) is 5.82 Å². The molecule has 0 saturated carbocycles. The molecule has 1 amide bonds. The van der Waals surface area contributed by atoms with Crippen LogP contribution >= 0.6 is 11.3 Å². The molecule has 4 aromatic rings. The van der Waals surface area contributed by atoms with Gasteiger partial charge in [0.15, 0.2) is 0 Å². The highest BCUT2D eigenvalue weighted by Gasteiger charge is 2.32. The Hall–Kier alpha value is -3.07. The van der Waals surface area contributed by atoms with Crippen LogP contribution in [0.5, 0.6) is 0 Å². The van der Waals surface area contributed by atoms with Crippen molar-refractivity contribution in [2.45, 2.75) is 44.3 Å². The van der Waals surface area contributed by atoms with E-state index in [2.05, 4.69) is 0 Å². The number of carbonyl (C=O) groups is 1. The number of rotatable bonds is 10. The van der Waals surface area contributed by atoms with E-state index in [0.717, 1.165) is 21.2 Å². The Balaban J connectivity index is 1.63. The second kappa shape index (κ2) is 11.3. The van der Waals surface area contributed by atoms with Crippen molar-refractivity contribution in [2.75, 3.05) is 6.54 Å². The molecule has 0 aliphatic carbocycles. The fraction of sp³-hybridized carbons (Fsp3) is 0.250. The van der Waals surface area contributed by atoms with Gasteiger partial charge in [-0.2, -0.15) is 4.31 Å². The number of fused-ring (bicyclic) bond motifs is 1. The van der Waals surface area contributed by atoms with Gasteiger partial charge in [0, 0.05) is 17.5 Å². The molecule has 188 valence electrons. The molecule has 1 heterocycles. The standard InChI is InChI=1S/C28H29FN2O3S2/c1-3-21(2)31(36(33,34)27-15-12-23-7-4-5-8-24(23)17-27)20-28(32)30(19-26-9-6-16-35-26)18-22-10-13-25(29)14-11-22/h4-17,21H,3,18-20H2,1-2H3/t21-/m0/s1. The molecule has 8 heteroatoms. The average Bonchev–Trinajstić information content (AvgIpc) is 3.40. The number of sulfonamides is 1. The van der Waals surface area contributed by atoms with Crippen molar-refractivity contribution in [3.05, 3.63) is 101 Å². The van der Waals surface area contributed by atoms with Gasteiger partial charge in [-0.25, -0.2) is 12.8 Å². The van der Waals surface area contributed by atoms with Crippen LogP contribution in [0.4, 0.5) is 4.39 Å². The van der Waals surface area contributed by atoms with Gasteiger partial charge in [0.2, 0.25) is 15.9 Å².